The van der Waals surface area contributed by atoms with E-state index < -0.39 is 20.9 Å². The molecule has 118 valence electrons. The molecule has 3 saturated heterocycles. The maximum atomic E-state index is 12.6. The fourth-order valence-corrected chi connectivity index (χ4v) is 6.64. The summed E-state index contributed by atoms with van der Waals surface area (Å²) in [6.45, 7) is 3.74. The van der Waals surface area contributed by atoms with Crippen LogP contribution < -0.4 is 0 Å². The van der Waals surface area contributed by atoms with Gasteiger partial charge in [0.25, 0.3) is 0 Å². The van der Waals surface area contributed by atoms with E-state index in [-0.39, 0.29) is 17.9 Å². The third-order valence-electron chi connectivity index (χ3n) is 5.63. The number of sulfonamides is 1. The van der Waals surface area contributed by atoms with Gasteiger partial charge in [0.05, 0.1) is 12.6 Å². The quantitative estimate of drug-likeness (QED) is 0.730. The van der Waals surface area contributed by atoms with E-state index >= 15 is 0 Å². The Labute approximate surface area is 125 Å². The first-order valence-corrected chi connectivity index (χ1v) is 9.42. The van der Waals surface area contributed by atoms with Crippen LogP contribution in [0.15, 0.2) is 0 Å². The lowest BCUT2D eigenvalue weighted by molar-refractivity contribution is -0.156. The summed E-state index contributed by atoms with van der Waals surface area (Å²) in [4.78, 5) is 14.4. The van der Waals surface area contributed by atoms with E-state index in [1.54, 1.807) is 0 Å². The minimum Gasteiger partial charge on any atom is -0.365 e. The van der Waals surface area contributed by atoms with Crippen LogP contribution in [-0.4, -0.2) is 66.7 Å². The van der Waals surface area contributed by atoms with E-state index in [1.807, 2.05) is 11.8 Å². The van der Waals surface area contributed by atoms with Gasteiger partial charge in [-0.15, -0.1) is 0 Å². The van der Waals surface area contributed by atoms with Crippen molar-refractivity contribution in [1.29, 1.82) is 0 Å². The minimum absolute atomic E-state index is 0.110. The number of likely N-dealkylation sites (N-methyl/N-ethyl adjacent to an activating group) is 1. The Hall–Kier alpha value is -0.660. The zero-order chi connectivity index (χ0) is 14.8. The summed E-state index contributed by atoms with van der Waals surface area (Å²) in [5.41, 5.74) is -0.683. The predicted octanol–water partition coefficient (Wildman–Crippen LogP) is 0.190. The molecule has 0 unspecified atom stereocenters. The number of amides is 1. The van der Waals surface area contributed by atoms with Crippen molar-refractivity contribution in [2.45, 2.75) is 49.6 Å². The molecule has 4 aliphatic rings. The SMILES string of the molecule is CCN1C[C@@]23CN(C(=O)C4CCC4)C[C@@H](C[C@@H]2S1(=O)=O)O3. The maximum absolute atomic E-state index is 12.6. The van der Waals surface area contributed by atoms with Crippen LogP contribution in [-0.2, 0) is 19.6 Å². The zero-order valence-electron chi connectivity index (χ0n) is 12.3. The van der Waals surface area contributed by atoms with Crippen LogP contribution in [0.4, 0.5) is 0 Å². The van der Waals surface area contributed by atoms with Crippen LogP contribution in [0.5, 0.6) is 0 Å². The van der Waals surface area contributed by atoms with Crippen molar-refractivity contribution < 1.29 is 17.9 Å². The van der Waals surface area contributed by atoms with E-state index in [0.717, 1.165) is 19.3 Å². The smallest absolute Gasteiger partial charge is 0.225 e. The van der Waals surface area contributed by atoms with Crippen molar-refractivity contribution >= 4 is 15.9 Å². The second kappa shape index (κ2) is 4.43. The van der Waals surface area contributed by atoms with Gasteiger partial charge in [-0.2, -0.15) is 4.31 Å². The van der Waals surface area contributed by atoms with Crippen molar-refractivity contribution in [3.05, 3.63) is 0 Å². The normalized spacial score (nSPS) is 41.9. The van der Waals surface area contributed by atoms with Gasteiger partial charge >= 0.3 is 0 Å². The minimum atomic E-state index is -3.27. The Bertz CT molecular complexity index is 574. The number of carbonyl (C=O) groups excluding carboxylic acids is 1. The van der Waals surface area contributed by atoms with Crippen molar-refractivity contribution in [1.82, 2.24) is 9.21 Å². The summed E-state index contributed by atoms with van der Waals surface area (Å²) < 4.78 is 32.7. The molecule has 6 nitrogen and oxygen atoms in total. The monoisotopic (exact) mass is 314 g/mol. The fraction of sp³-hybridized carbons (Fsp3) is 0.929. The molecule has 0 aromatic heterocycles. The summed E-state index contributed by atoms with van der Waals surface area (Å²) in [5.74, 6) is 0.375. The highest BCUT2D eigenvalue weighted by atomic mass is 32.2. The maximum Gasteiger partial charge on any atom is 0.225 e. The average molecular weight is 314 g/mol. The number of carbonyl (C=O) groups is 1. The molecule has 7 heteroatoms. The van der Waals surface area contributed by atoms with Gasteiger partial charge in [-0.3, -0.25) is 4.79 Å². The van der Waals surface area contributed by atoms with Crippen molar-refractivity contribution in [2.24, 2.45) is 5.92 Å². The number of fused-ring (bicyclic) bond motifs is 1. The summed E-state index contributed by atoms with van der Waals surface area (Å²) in [6, 6.07) is 0. The molecule has 21 heavy (non-hydrogen) atoms. The van der Waals surface area contributed by atoms with Gasteiger partial charge in [0.1, 0.15) is 10.9 Å². The van der Waals surface area contributed by atoms with Crippen LogP contribution >= 0.6 is 0 Å². The van der Waals surface area contributed by atoms with Gasteiger partial charge in [0.15, 0.2) is 0 Å². The standard InChI is InChI=1S/C14H22N2O4S/c1-2-16-9-14-8-15(13(17)10-4-3-5-10)7-11(20-14)6-12(14)21(16,18)19/h10-12H,2-9H2,1H3/t11-,12+,14+/m1/s1. The Kier molecular flexibility index (Phi) is 2.94. The van der Waals surface area contributed by atoms with Crippen LogP contribution in [0.1, 0.15) is 32.6 Å². The molecular formula is C14H22N2O4S. The highest BCUT2D eigenvalue weighted by Crippen LogP contribution is 2.47. The van der Waals surface area contributed by atoms with Gasteiger partial charge in [-0.05, 0) is 19.3 Å². The Balaban J connectivity index is 1.61. The molecule has 0 radical (unpaired) electrons. The molecule has 1 amide bonds. The third-order valence-corrected chi connectivity index (χ3v) is 8.08. The van der Waals surface area contributed by atoms with Gasteiger partial charge in [0, 0.05) is 25.6 Å². The van der Waals surface area contributed by atoms with Crippen molar-refractivity contribution in [3.8, 4) is 0 Å². The van der Waals surface area contributed by atoms with Crippen molar-refractivity contribution in [3.63, 3.8) is 0 Å². The number of rotatable bonds is 2. The van der Waals surface area contributed by atoms with Gasteiger partial charge in [0.2, 0.25) is 15.9 Å². The summed E-state index contributed by atoms with van der Waals surface area (Å²) in [6.07, 6.45) is 3.53. The molecule has 3 heterocycles. The molecule has 3 atom stereocenters. The first-order valence-electron chi connectivity index (χ1n) is 7.92. The van der Waals surface area contributed by atoms with E-state index in [0.29, 0.717) is 32.6 Å². The highest BCUT2D eigenvalue weighted by Gasteiger charge is 2.65. The first kappa shape index (κ1) is 14.0. The second-order valence-electron chi connectivity index (χ2n) is 6.85. The molecule has 1 spiro atoms. The lowest BCUT2D eigenvalue weighted by Gasteiger charge is -2.42. The largest absolute Gasteiger partial charge is 0.365 e. The number of nitrogens with zero attached hydrogens (tertiary/aromatic N) is 2. The molecule has 4 fully saturated rings. The number of morpholine rings is 1. The molecule has 3 aliphatic heterocycles. The second-order valence-corrected chi connectivity index (χ2v) is 8.96. The van der Waals surface area contributed by atoms with Gasteiger partial charge in [-0.1, -0.05) is 13.3 Å². The average Bonchev–Trinajstić information content (AvgIpc) is 2.74. The van der Waals surface area contributed by atoms with Crippen LogP contribution in [0.25, 0.3) is 0 Å². The number of ether oxygens (including phenoxy) is 1. The summed E-state index contributed by atoms with van der Waals surface area (Å²) >= 11 is 0. The van der Waals surface area contributed by atoms with E-state index in [9.17, 15) is 13.2 Å². The van der Waals surface area contributed by atoms with Crippen LogP contribution in [0, 0.1) is 5.92 Å². The predicted molar refractivity (Wildman–Crippen MR) is 76.1 cm³/mol. The number of hydrogen-bond acceptors (Lipinski definition) is 4. The molecular weight excluding hydrogens is 292 g/mol. The van der Waals surface area contributed by atoms with Crippen LogP contribution in [0.2, 0.25) is 0 Å². The highest BCUT2D eigenvalue weighted by molar-refractivity contribution is 7.90. The lowest BCUT2D eigenvalue weighted by Crippen LogP contribution is -2.57. The molecule has 1 saturated carbocycles. The number of likely N-dealkylation sites (tertiary alicyclic amines) is 1. The molecule has 0 N–H and O–H groups in total. The molecule has 2 bridgehead atoms. The van der Waals surface area contributed by atoms with Gasteiger partial charge < -0.3 is 9.64 Å². The summed E-state index contributed by atoms with van der Waals surface area (Å²) in [5, 5.41) is -0.464. The fourth-order valence-electron chi connectivity index (χ4n) is 4.32. The molecule has 1 aliphatic carbocycles. The first-order chi connectivity index (χ1) is 9.96. The molecule has 4 rings (SSSR count). The lowest BCUT2D eigenvalue weighted by atomic mass is 9.84. The Morgan fingerprint density at radius 1 is 1.33 bits per heavy atom. The summed E-state index contributed by atoms with van der Waals surface area (Å²) in [7, 11) is -3.27. The Morgan fingerprint density at radius 3 is 2.71 bits per heavy atom. The van der Waals surface area contributed by atoms with Crippen LogP contribution in [0.3, 0.4) is 0 Å². The van der Waals surface area contributed by atoms with E-state index in [4.69, 9.17) is 4.74 Å². The number of hydrogen-bond donors (Lipinski definition) is 0. The topological polar surface area (TPSA) is 66.9 Å². The van der Waals surface area contributed by atoms with E-state index in [2.05, 4.69) is 0 Å². The molecule has 0 aromatic rings. The van der Waals surface area contributed by atoms with E-state index in [1.165, 1.54) is 4.31 Å². The Morgan fingerprint density at radius 2 is 2.10 bits per heavy atom. The zero-order valence-corrected chi connectivity index (χ0v) is 13.1. The van der Waals surface area contributed by atoms with Crippen molar-refractivity contribution in [2.75, 3.05) is 26.2 Å². The third kappa shape index (κ3) is 1.83. The molecule has 0 aromatic carbocycles. The van der Waals surface area contributed by atoms with Gasteiger partial charge in [-0.25, -0.2) is 8.42 Å².